The average Bonchev–Trinajstić information content (AvgIpc) is 2.62. The maximum Gasteiger partial charge on any atom is 0.240 e. The molecule has 1 aliphatic rings. The summed E-state index contributed by atoms with van der Waals surface area (Å²) in [7, 11) is -1.58. The number of benzene rings is 1. The summed E-state index contributed by atoms with van der Waals surface area (Å²) in [5, 5.41) is 3.05. The Morgan fingerprint density at radius 1 is 1.04 bits per heavy atom. The molecule has 7 nitrogen and oxygen atoms in total. The predicted molar refractivity (Wildman–Crippen MR) is 117 cm³/mol. The van der Waals surface area contributed by atoms with Crippen LogP contribution < -0.4 is 10.0 Å². The van der Waals surface area contributed by atoms with Crippen LogP contribution in [0.3, 0.4) is 0 Å². The molecule has 1 fully saturated rings. The van der Waals surface area contributed by atoms with Crippen molar-refractivity contribution in [3.8, 4) is 0 Å². The van der Waals surface area contributed by atoms with Crippen LogP contribution in [-0.2, 0) is 14.8 Å². The lowest BCUT2D eigenvalue weighted by atomic mass is 10.2. The summed E-state index contributed by atoms with van der Waals surface area (Å²) < 4.78 is 27.2. The van der Waals surface area contributed by atoms with E-state index in [1.165, 1.54) is 0 Å². The SMILES string of the molecule is CNCCCC(=O)N1CCN(CCNS(=O)(=O)c2ccc(C)cc2)CC1.Cl.Cl. The highest BCUT2D eigenvalue weighted by molar-refractivity contribution is 7.89. The first-order chi connectivity index (χ1) is 12.4. The molecule has 2 rings (SSSR count). The van der Waals surface area contributed by atoms with Gasteiger partial charge in [-0.2, -0.15) is 0 Å². The van der Waals surface area contributed by atoms with Gasteiger partial charge in [0.15, 0.2) is 0 Å². The minimum atomic E-state index is -3.46. The molecule has 10 heteroatoms. The number of sulfonamides is 1. The highest BCUT2D eigenvalue weighted by Gasteiger charge is 2.21. The van der Waals surface area contributed by atoms with Crippen molar-refractivity contribution >= 4 is 40.7 Å². The van der Waals surface area contributed by atoms with Crippen LogP contribution in [0.4, 0.5) is 0 Å². The standard InChI is InChI=1S/C18H30N4O3S.2ClH/c1-16-5-7-17(8-6-16)26(24,25)20-10-11-21-12-14-22(15-13-21)18(23)4-3-9-19-2;;/h5-8,19-20H,3-4,9-15H2,1-2H3;2*1H. The second kappa shape index (κ2) is 13.3. The lowest BCUT2D eigenvalue weighted by Crippen LogP contribution is -2.50. The monoisotopic (exact) mass is 454 g/mol. The van der Waals surface area contributed by atoms with Crippen molar-refractivity contribution in [1.29, 1.82) is 0 Å². The number of piperazine rings is 1. The number of aryl methyl sites for hydroxylation is 1. The molecule has 0 bridgehead atoms. The van der Waals surface area contributed by atoms with E-state index in [0.29, 0.717) is 37.5 Å². The quantitative estimate of drug-likeness (QED) is 0.548. The Balaban J connectivity index is 0.00000364. The van der Waals surface area contributed by atoms with Gasteiger partial charge in [-0.3, -0.25) is 9.69 Å². The van der Waals surface area contributed by atoms with Crippen molar-refractivity contribution in [2.75, 3.05) is 52.9 Å². The summed E-state index contributed by atoms with van der Waals surface area (Å²) in [6, 6.07) is 6.83. The van der Waals surface area contributed by atoms with Gasteiger partial charge in [-0.1, -0.05) is 17.7 Å². The lowest BCUT2D eigenvalue weighted by molar-refractivity contribution is -0.133. The Morgan fingerprint density at radius 2 is 1.64 bits per heavy atom. The fourth-order valence-corrected chi connectivity index (χ4v) is 3.96. The molecule has 1 amide bonds. The highest BCUT2D eigenvalue weighted by atomic mass is 35.5. The molecule has 1 saturated heterocycles. The average molecular weight is 455 g/mol. The van der Waals surface area contributed by atoms with E-state index >= 15 is 0 Å². The number of carbonyl (C=O) groups is 1. The van der Waals surface area contributed by atoms with E-state index in [1.54, 1.807) is 24.3 Å². The third-order valence-electron chi connectivity index (χ3n) is 4.59. The summed E-state index contributed by atoms with van der Waals surface area (Å²) >= 11 is 0. The van der Waals surface area contributed by atoms with Gasteiger partial charge in [0.1, 0.15) is 0 Å². The highest BCUT2D eigenvalue weighted by Crippen LogP contribution is 2.10. The number of hydrogen-bond acceptors (Lipinski definition) is 5. The Bertz CT molecular complexity index is 679. The number of amides is 1. The summed E-state index contributed by atoms with van der Waals surface area (Å²) in [6.07, 6.45) is 1.44. The normalized spacial score (nSPS) is 14.9. The number of nitrogens with zero attached hydrogens (tertiary/aromatic N) is 2. The van der Waals surface area contributed by atoms with Gasteiger partial charge in [-0.25, -0.2) is 13.1 Å². The van der Waals surface area contributed by atoms with Crippen molar-refractivity contribution in [3.05, 3.63) is 29.8 Å². The molecule has 1 aromatic rings. The van der Waals surface area contributed by atoms with E-state index in [0.717, 1.165) is 31.6 Å². The van der Waals surface area contributed by atoms with Crippen LogP contribution in [0.25, 0.3) is 0 Å². The van der Waals surface area contributed by atoms with E-state index in [1.807, 2.05) is 18.9 Å². The van der Waals surface area contributed by atoms with Crippen molar-refractivity contribution in [2.24, 2.45) is 0 Å². The molecule has 0 unspecified atom stereocenters. The molecule has 1 heterocycles. The van der Waals surface area contributed by atoms with Gasteiger partial charge in [-0.05, 0) is 39.1 Å². The van der Waals surface area contributed by atoms with Gasteiger partial charge in [0.05, 0.1) is 4.90 Å². The molecule has 2 N–H and O–H groups in total. The van der Waals surface area contributed by atoms with Gasteiger partial charge in [0.25, 0.3) is 0 Å². The van der Waals surface area contributed by atoms with E-state index in [4.69, 9.17) is 0 Å². The van der Waals surface area contributed by atoms with Crippen molar-refractivity contribution in [2.45, 2.75) is 24.7 Å². The summed E-state index contributed by atoms with van der Waals surface area (Å²) in [5.41, 5.74) is 1.03. The molecule has 1 aromatic carbocycles. The molecule has 0 saturated carbocycles. The van der Waals surface area contributed by atoms with Gasteiger partial charge in [-0.15, -0.1) is 24.8 Å². The second-order valence-electron chi connectivity index (χ2n) is 6.64. The predicted octanol–water partition coefficient (Wildman–Crippen LogP) is 1.26. The van der Waals surface area contributed by atoms with Crippen LogP contribution >= 0.6 is 24.8 Å². The lowest BCUT2D eigenvalue weighted by Gasteiger charge is -2.34. The Kier molecular flexibility index (Phi) is 12.9. The molecule has 0 aromatic heterocycles. The molecule has 28 heavy (non-hydrogen) atoms. The molecule has 1 aliphatic heterocycles. The van der Waals surface area contributed by atoms with Crippen LogP contribution in [-0.4, -0.2) is 77.0 Å². The minimum Gasteiger partial charge on any atom is -0.340 e. The van der Waals surface area contributed by atoms with Crippen LogP contribution in [0.5, 0.6) is 0 Å². The molecule has 0 atom stereocenters. The van der Waals surface area contributed by atoms with Crippen molar-refractivity contribution in [3.63, 3.8) is 0 Å². The Hall–Kier alpha value is -0.900. The Morgan fingerprint density at radius 3 is 2.21 bits per heavy atom. The fraction of sp³-hybridized carbons (Fsp3) is 0.611. The third kappa shape index (κ3) is 8.63. The summed E-state index contributed by atoms with van der Waals surface area (Å²) in [6.45, 7) is 6.78. The van der Waals surface area contributed by atoms with E-state index < -0.39 is 10.0 Å². The van der Waals surface area contributed by atoms with Gasteiger partial charge in [0.2, 0.25) is 15.9 Å². The number of carbonyl (C=O) groups excluding carboxylic acids is 1. The third-order valence-corrected chi connectivity index (χ3v) is 6.07. The number of hydrogen-bond donors (Lipinski definition) is 2. The second-order valence-corrected chi connectivity index (χ2v) is 8.41. The van der Waals surface area contributed by atoms with Crippen LogP contribution in [0.2, 0.25) is 0 Å². The van der Waals surface area contributed by atoms with E-state index in [9.17, 15) is 13.2 Å². The zero-order chi connectivity index (χ0) is 19.0. The summed E-state index contributed by atoms with van der Waals surface area (Å²) in [4.78, 5) is 16.5. The molecular formula is C18H32Cl2N4O3S. The van der Waals surface area contributed by atoms with E-state index in [2.05, 4.69) is 14.9 Å². The maximum absolute atomic E-state index is 12.3. The fourth-order valence-electron chi connectivity index (χ4n) is 2.93. The number of rotatable bonds is 9. The Labute approximate surface area is 181 Å². The van der Waals surface area contributed by atoms with E-state index in [-0.39, 0.29) is 30.7 Å². The van der Waals surface area contributed by atoms with Gasteiger partial charge < -0.3 is 10.2 Å². The maximum atomic E-state index is 12.3. The smallest absolute Gasteiger partial charge is 0.240 e. The van der Waals surface area contributed by atoms with Crippen LogP contribution in [0.1, 0.15) is 18.4 Å². The topological polar surface area (TPSA) is 81.8 Å². The van der Waals surface area contributed by atoms with Gasteiger partial charge >= 0.3 is 0 Å². The molecular weight excluding hydrogens is 423 g/mol. The van der Waals surface area contributed by atoms with Crippen molar-refractivity contribution in [1.82, 2.24) is 19.8 Å². The zero-order valence-electron chi connectivity index (χ0n) is 16.5. The first kappa shape index (κ1) is 27.1. The first-order valence-corrected chi connectivity index (χ1v) is 10.6. The van der Waals surface area contributed by atoms with Crippen LogP contribution in [0, 0.1) is 6.92 Å². The molecule has 0 aliphatic carbocycles. The molecule has 0 radical (unpaired) electrons. The zero-order valence-corrected chi connectivity index (χ0v) is 19.0. The number of halogens is 2. The van der Waals surface area contributed by atoms with Gasteiger partial charge in [0, 0.05) is 45.7 Å². The number of nitrogens with one attached hydrogen (secondary N) is 2. The molecule has 162 valence electrons. The van der Waals surface area contributed by atoms with Crippen molar-refractivity contribution < 1.29 is 13.2 Å². The largest absolute Gasteiger partial charge is 0.340 e. The van der Waals surface area contributed by atoms with Crippen LogP contribution in [0.15, 0.2) is 29.2 Å². The summed E-state index contributed by atoms with van der Waals surface area (Å²) in [5.74, 6) is 0.208. The first-order valence-electron chi connectivity index (χ1n) is 9.13. The molecule has 0 spiro atoms. The minimum absolute atomic E-state index is 0.